The zero-order valence-corrected chi connectivity index (χ0v) is 12.2. The molecule has 102 valence electrons. The lowest BCUT2D eigenvalue weighted by atomic mass is 10.1. The summed E-state index contributed by atoms with van der Waals surface area (Å²) in [6, 6.07) is 8.04. The minimum absolute atomic E-state index is 0.0370. The largest absolute Gasteiger partial charge is 0.352 e. The molecule has 0 bridgehead atoms. The van der Waals surface area contributed by atoms with Crippen molar-refractivity contribution in [3.8, 4) is 0 Å². The highest BCUT2D eigenvalue weighted by atomic mass is 16.1. The predicted octanol–water partition coefficient (Wildman–Crippen LogP) is 3.26. The van der Waals surface area contributed by atoms with Crippen molar-refractivity contribution in [1.82, 2.24) is 9.88 Å². The lowest BCUT2D eigenvalue weighted by Crippen LogP contribution is -2.25. The summed E-state index contributed by atoms with van der Waals surface area (Å²) >= 11 is 0. The van der Waals surface area contributed by atoms with Gasteiger partial charge in [-0.3, -0.25) is 4.79 Å². The molecule has 0 aliphatic rings. The summed E-state index contributed by atoms with van der Waals surface area (Å²) in [5, 5.41) is 4.06. The number of para-hydroxylation sites is 1. The van der Waals surface area contributed by atoms with Crippen molar-refractivity contribution in [2.45, 2.75) is 27.2 Å². The summed E-state index contributed by atoms with van der Waals surface area (Å²) in [4.78, 5) is 12.3. The third-order valence-electron chi connectivity index (χ3n) is 3.63. The van der Waals surface area contributed by atoms with Gasteiger partial charge in [-0.2, -0.15) is 0 Å². The molecule has 0 saturated carbocycles. The van der Waals surface area contributed by atoms with Crippen molar-refractivity contribution >= 4 is 16.8 Å². The number of carbonyl (C=O) groups excluding carboxylic acids is 1. The van der Waals surface area contributed by atoms with Crippen LogP contribution in [0.25, 0.3) is 10.9 Å². The van der Waals surface area contributed by atoms with Crippen LogP contribution in [0.4, 0.5) is 0 Å². The van der Waals surface area contributed by atoms with Crippen LogP contribution in [0.5, 0.6) is 0 Å². The van der Waals surface area contributed by atoms with Gasteiger partial charge in [0, 0.05) is 30.2 Å². The number of aromatic nitrogens is 1. The van der Waals surface area contributed by atoms with Crippen LogP contribution in [0.15, 0.2) is 24.3 Å². The maximum atomic E-state index is 12.3. The molecule has 0 atom stereocenters. The van der Waals surface area contributed by atoms with Crippen molar-refractivity contribution in [2.75, 3.05) is 6.54 Å². The Hall–Kier alpha value is -1.77. The number of hydrogen-bond acceptors (Lipinski definition) is 1. The van der Waals surface area contributed by atoms with Gasteiger partial charge in [0.15, 0.2) is 0 Å². The second-order valence-corrected chi connectivity index (χ2v) is 5.47. The molecule has 0 unspecified atom stereocenters. The Bertz CT molecular complexity index is 596. The lowest BCUT2D eigenvalue weighted by molar-refractivity contribution is 0.0953. The topological polar surface area (TPSA) is 34.0 Å². The van der Waals surface area contributed by atoms with Gasteiger partial charge in [-0.25, -0.2) is 0 Å². The first-order valence-electron chi connectivity index (χ1n) is 6.84. The summed E-state index contributed by atoms with van der Waals surface area (Å²) < 4.78 is 2.08. The number of fused-ring (bicyclic) bond motifs is 1. The fraction of sp³-hybridized carbons (Fsp3) is 0.438. The fourth-order valence-electron chi connectivity index (χ4n) is 2.37. The van der Waals surface area contributed by atoms with Crippen LogP contribution < -0.4 is 5.32 Å². The van der Waals surface area contributed by atoms with E-state index in [-0.39, 0.29) is 5.91 Å². The van der Waals surface area contributed by atoms with E-state index in [4.69, 9.17) is 0 Å². The molecule has 0 aliphatic heterocycles. The van der Waals surface area contributed by atoms with Gasteiger partial charge >= 0.3 is 0 Å². The van der Waals surface area contributed by atoms with E-state index in [1.165, 1.54) is 0 Å². The molecule has 2 aromatic rings. The molecule has 0 saturated heterocycles. The average molecular weight is 258 g/mol. The summed E-state index contributed by atoms with van der Waals surface area (Å²) in [6.45, 7) is 7.06. The maximum Gasteiger partial charge on any atom is 0.253 e. The van der Waals surface area contributed by atoms with Crippen molar-refractivity contribution < 1.29 is 4.79 Å². The molecule has 1 aromatic heterocycles. The fourth-order valence-corrected chi connectivity index (χ4v) is 2.37. The zero-order chi connectivity index (χ0) is 14.0. The van der Waals surface area contributed by atoms with Crippen LogP contribution in [-0.4, -0.2) is 17.0 Å². The normalized spacial score (nSPS) is 11.2. The van der Waals surface area contributed by atoms with E-state index in [2.05, 4.69) is 23.7 Å². The van der Waals surface area contributed by atoms with Gasteiger partial charge in [0.1, 0.15) is 0 Å². The van der Waals surface area contributed by atoms with E-state index in [0.29, 0.717) is 5.92 Å². The highest BCUT2D eigenvalue weighted by Crippen LogP contribution is 2.24. The second-order valence-electron chi connectivity index (χ2n) is 5.47. The standard InChI is InChI=1S/C16H22N2O/c1-11(2)9-10-17-16(19)15-12(3)18(4)14-8-6-5-7-13(14)15/h5-8,11H,9-10H2,1-4H3,(H,17,19). The molecule has 19 heavy (non-hydrogen) atoms. The quantitative estimate of drug-likeness (QED) is 0.897. The van der Waals surface area contributed by atoms with Gasteiger partial charge in [0.05, 0.1) is 5.56 Å². The molecule has 3 nitrogen and oxygen atoms in total. The van der Waals surface area contributed by atoms with Gasteiger partial charge in [-0.05, 0) is 25.3 Å². The number of hydrogen-bond donors (Lipinski definition) is 1. The molecule has 3 heteroatoms. The Kier molecular flexibility index (Phi) is 3.93. The number of aryl methyl sites for hydroxylation is 1. The third-order valence-corrected chi connectivity index (χ3v) is 3.63. The maximum absolute atomic E-state index is 12.3. The van der Waals surface area contributed by atoms with Crippen LogP contribution in [-0.2, 0) is 7.05 Å². The highest BCUT2D eigenvalue weighted by molar-refractivity contribution is 6.08. The SMILES string of the molecule is Cc1c(C(=O)NCCC(C)C)c2ccccc2n1C. The smallest absolute Gasteiger partial charge is 0.253 e. The van der Waals surface area contributed by atoms with E-state index >= 15 is 0 Å². The Morgan fingerprint density at radius 2 is 2.00 bits per heavy atom. The van der Waals surface area contributed by atoms with Gasteiger partial charge in [0.25, 0.3) is 5.91 Å². The molecule has 0 aliphatic carbocycles. The molecule has 2 rings (SSSR count). The lowest BCUT2D eigenvalue weighted by Gasteiger charge is -2.07. The van der Waals surface area contributed by atoms with Gasteiger partial charge in [0.2, 0.25) is 0 Å². The molecule has 0 spiro atoms. The molecule has 1 amide bonds. The zero-order valence-electron chi connectivity index (χ0n) is 12.2. The first-order valence-corrected chi connectivity index (χ1v) is 6.84. The predicted molar refractivity (Wildman–Crippen MR) is 79.4 cm³/mol. The summed E-state index contributed by atoms with van der Waals surface area (Å²) in [7, 11) is 2.00. The van der Waals surface area contributed by atoms with Crippen molar-refractivity contribution in [1.29, 1.82) is 0 Å². The number of nitrogens with one attached hydrogen (secondary N) is 1. The van der Waals surface area contributed by atoms with E-state index in [1.54, 1.807) is 0 Å². The first kappa shape index (κ1) is 13.7. The Morgan fingerprint density at radius 3 is 2.68 bits per heavy atom. The van der Waals surface area contributed by atoms with Crippen molar-refractivity contribution in [3.05, 3.63) is 35.5 Å². The summed E-state index contributed by atoms with van der Waals surface area (Å²) in [5.41, 5.74) is 2.93. The summed E-state index contributed by atoms with van der Waals surface area (Å²) in [5.74, 6) is 0.642. The van der Waals surface area contributed by atoms with Crippen LogP contribution in [0.1, 0.15) is 36.3 Å². The number of carbonyl (C=O) groups is 1. The Labute approximate surface area is 114 Å². The van der Waals surface area contributed by atoms with E-state index in [0.717, 1.165) is 35.1 Å². The number of amides is 1. The second kappa shape index (κ2) is 5.47. The minimum atomic E-state index is 0.0370. The van der Waals surface area contributed by atoms with E-state index in [1.807, 2.05) is 38.2 Å². The number of rotatable bonds is 4. The average Bonchev–Trinajstić information content (AvgIpc) is 2.62. The van der Waals surface area contributed by atoms with Gasteiger partial charge in [-0.1, -0.05) is 32.0 Å². The molecule has 1 aromatic carbocycles. The molecular weight excluding hydrogens is 236 g/mol. The van der Waals surface area contributed by atoms with Crippen LogP contribution >= 0.6 is 0 Å². The Balaban J connectivity index is 2.29. The molecule has 1 N–H and O–H groups in total. The molecule has 0 radical (unpaired) electrons. The number of benzene rings is 1. The third kappa shape index (κ3) is 2.65. The minimum Gasteiger partial charge on any atom is -0.352 e. The highest BCUT2D eigenvalue weighted by Gasteiger charge is 2.17. The van der Waals surface area contributed by atoms with Gasteiger partial charge in [-0.15, -0.1) is 0 Å². The molecular formula is C16H22N2O. The van der Waals surface area contributed by atoms with Crippen LogP contribution in [0.3, 0.4) is 0 Å². The Morgan fingerprint density at radius 1 is 1.32 bits per heavy atom. The monoisotopic (exact) mass is 258 g/mol. The first-order chi connectivity index (χ1) is 9.02. The summed E-state index contributed by atoms with van der Waals surface area (Å²) in [6.07, 6.45) is 1.01. The van der Waals surface area contributed by atoms with Crippen molar-refractivity contribution in [3.63, 3.8) is 0 Å². The van der Waals surface area contributed by atoms with Gasteiger partial charge < -0.3 is 9.88 Å². The number of nitrogens with zero attached hydrogens (tertiary/aromatic N) is 1. The van der Waals surface area contributed by atoms with E-state index < -0.39 is 0 Å². The van der Waals surface area contributed by atoms with E-state index in [9.17, 15) is 4.79 Å². The van der Waals surface area contributed by atoms with Crippen LogP contribution in [0, 0.1) is 12.8 Å². The van der Waals surface area contributed by atoms with Crippen molar-refractivity contribution in [2.24, 2.45) is 13.0 Å². The molecule has 1 heterocycles. The van der Waals surface area contributed by atoms with Crippen LogP contribution in [0.2, 0.25) is 0 Å². The molecule has 0 fully saturated rings.